The van der Waals surface area contributed by atoms with Crippen LogP contribution in [0.1, 0.15) is 23.2 Å². The Bertz CT molecular complexity index is 743. The second-order valence-corrected chi connectivity index (χ2v) is 6.93. The number of aromatic nitrogens is 1. The van der Waals surface area contributed by atoms with Gasteiger partial charge in [0.25, 0.3) is 5.91 Å². The van der Waals surface area contributed by atoms with Gasteiger partial charge in [-0.1, -0.05) is 12.1 Å². The van der Waals surface area contributed by atoms with Crippen molar-refractivity contribution in [2.75, 3.05) is 39.9 Å². The van der Waals surface area contributed by atoms with Gasteiger partial charge in [-0.05, 0) is 56.1 Å². The molecule has 0 spiro atoms. The summed E-state index contributed by atoms with van der Waals surface area (Å²) >= 11 is 0. The molecule has 3 rings (SSSR count). The number of carbonyl (C=O) groups is 1. The van der Waals surface area contributed by atoms with Gasteiger partial charge in [0.2, 0.25) is 0 Å². The molecule has 144 valence electrons. The molecule has 0 saturated carbocycles. The van der Waals surface area contributed by atoms with E-state index in [1.807, 2.05) is 0 Å². The Morgan fingerprint density at radius 2 is 2.11 bits per heavy atom. The zero-order valence-electron chi connectivity index (χ0n) is 15.7. The van der Waals surface area contributed by atoms with Gasteiger partial charge in [0, 0.05) is 32.0 Å². The van der Waals surface area contributed by atoms with Gasteiger partial charge in [0.1, 0.15) is 5.82 Å². The molecule has 0 unspecified atom stereocenters. The molecule has 1 aromatic heterocycles. The number of nitrogens with one attached hydrogen (secondary N) is 1. The first-order chi connectivity index (χ1) is 13.2. The van der Waals surface area contributed by atoms with E-state index in [1.165, 1.54) is 12.1 Å². The summed E-state index contributed by atoms with van der Waals surface area (Å²) in [5.74, 6) is 0.0896. The Hall–Kier alpha value is -2.31. The number of hydrogen-bond donors (Lipinski definition) is 1. The number of benzene rings is 1. The van der Waals surface area contributed by atoms with Gasteiger partial charge in [-0.15, -0.1) is 0 Å². The minimum Gasteiger partial charge on any atom is -0.383 e. The molecule has 6 heteroatoms. The molecule has 1 aliphatic heterocycles. The van der Waals surface area contributed by atoms with Crippen molar-refractivity contribution in [2.24, 2.45) is 5.92 Å². The lowest BCUT2D eigenvalue weighted by Crippen LogP contribution is -2.39. The van der Waals surface area contributed by atoms with E-state index in [0.29, 0.717) is 29.3 Å². The van der Waals surface area contributed by atoms with Crippen molar-refractivity contribution in [3.8, 4) is 11.3 Å². The zero-order valence-corrected chi connectivity index (χ0v) is 15.7. The number of likely N-dealkylation sites (tertiary alicyclic amines) is 1. The molecule has 1 saturated heterocycles. The van der Waals surface area contributed by atoms with Crippen LogP contribution >= 0.6 is 0 Å². The van der Waals surface area contributed by atoms with Crippen molar-refractivity contribution in [3.05, 3.63) is 54.0 Å². The fourth-order valence-electron chi connectivity index (χ4n) is 3.32. The summed E-state index contributed by atoms with van der Waals surface area (Å²) in [6.07, 6.45) is 3.71. The molecule has 2 aromatic rings. The second kappa shape index (κ2) is 9.58. The Labute approximate surface area is 159 Å². The van der Waals surface area contributed by atoms with Crippen molar-refractivity contribution in [2.45, 2.75) is 12.8 Å². The predicted molar refractivity (Wildman–Crippen MR) is 103 cm³/mol. The molecule has 0 bridgehead atoms. The zero-order chi connectivity index (χ0) is 19.1. The number of halogens is 1. The molecule has 27 heavy (non-hydrogen) atoms. The highest BCUT2D eigenvalue weighted by Gasteiger charge is 2.19. The van der Waals surface area contributed by atoms with Crippen molar-refractivity contribution in [1.29, 1.82) is 0 Å². The number of ether oxygens (including phenoxy) is 1. The van der Waals surface area contributed by atoms with E-state index in [9.17, 15) is 9.18 Å². The molecule has 0 aliphatic carbocycles. The lowest BCUT2D eigenvalue weighted by molar-refractivity contribution is 0.0925. The molecule has 1 N–H and O–H groups in total. The quantitative estimate of drug-likeness (QED) is 0.813. The van der Waals surface area contributed by atoms with E-state index in [0.717, 1.165) is 39.1 Å². The Kier molecular flexibility index (Phi) is 6.90. The van der Waals surface area contributed by atoms with Crippen molar-refractivity contribution in [3.63, 3.8) is 0 Å². The highest BCUT2D eigenvalue weighted by molar-refractivity contribution is 5.94. The van der Waals surface area contributed by atoms with Crippen molar-refractivity contribution < 1.29 is 13.9 Å². The lowest BCUT2D eigenvalue weighted by atomic mass is 9.96. The van der Waals surface area contributed by atoms with Gasteiger partial charge < -0.3 is 15.0 Å². The third kappa shape index (κ3) is 5.58. The van der Waals surface area contributed by atoms with Crippen LogP contribution in [-0.2, 0) is 4.74 Å². The Morgan fingerprint density at radius 3 is 2.78 bits per heavy atom. The van der Waals surface area contributed by atoms with Gasteiger partial charge in [-0.25, -0.2) is 4.39 Å². The number of pyridine rings is 1. The fraction of sp³-hybridized carbons (Fsp3) is 0.429. The van der Waals surface area contributed by atoms with E-state index in [1.54, 1.807) is 37.6 Å². The number of nitrogens with zero attached hydrogens (tertiary/aromatic N) is 2. The third-order valence-corrected chi connectivity index (χ3v) is 5.02. The molecule has 0 atom stereocenters. The molecule has 2 heterocycles. The standard InChI is InChI=1S/C21H26FN3O2/c1-27-12-11-25-9-7-16(8-10-25)14-24-21(26)18-5-6-20(23-15-18)17-3-2-4-19(22)13-17/h2-6,13,15-16H,7-12,14H2,1H3,(H,24,26). The summed E-state index contributed by atoms with van der Waals surface area (Å²) < 4.78 is 18.4. The summed E-state index contributed by atoms with van der Waals surface area (Å²) in [5, 5.41) is 3.01. The molecule has 5 nitrogen and oxygen atoms in total. The summed E-state index contributed by atoms with van der Waals surface area (Å²) in [6, 6.07) is 9.75. The van der Waals surface area contributed by atoms with Crippen LogP contribution in [0.25, 0.3) is 11.3 Å². The number of methoxy groups -OCH3 is 1. The first-order valence-electron chi connectivity index (χ1n) is 9.37. The number of amides is 1. The largest absolute Gasteiger partial charge is 0.383 e. The summed E-state index contributed by atoms with van der Waals surface area (Å²) in [5.41, 5.74) is 1.87. The number of carbonyl (C=O) groups excluding carboxylic acids is 1. The molecular formula is C21H26FN3O2. The van der Waals surface area contributed by atoms with Crippen LogP contribution in [0.5, 0.6) is 0 Å². The van der Waals surface area contributed by atoms with Crippen LogP contribution < -0.4 is 5.32 Å². The Balaban J connectivity index is 1.47. The van der Waals surface area contributed by atoms with Crippen LogP contribution in [-0.4, -0.2) is 55.7 Å². The highest BCUT2D eigenvalue weighted by Crippen LogP contribution is 2.19. The monoisotopic (exact) mass is 371 g/mol. The van der Waals surface area contributed by atoms with Crippen LogP contribution in [0.4, 0.5) is 4.39 Å². The van der Waals surface area contributed by atoms with Crippen LogP contribution in [0.2, 0.25) is 0 Å². The second-order valence-electron chi connectivity index (χ2n) is 6.93. The van der Waals surface area contributed by atoms with Crippen LogP contribution in [0.15, 0.2) is 42.6 Å². The highest BCUT2D eigenvalue weighted by atomic mass is 19.1. The summed E-state index contributed by atoms with van der Waals surface area (Å²) in [4.78, 5) is 19.1. The summed E-state index contributed by atoms with van der Waals surface area (Å²) in [7, 11) is 1.72. The van der Waals surface area contributed by atoms with E-state index in [-0.39, 0.29) is 11.7 Å². The fourth-order valence-corrected chi connectivity index (χ4v) is 3.32. The van der Waals surface area contributed by atoms with Crippen LogP contribution in [0, 0.1) is 11.7 Å². The number of piperidine rings is 1. The first kappa shape index (κ1) is 19.5. The number of rotatable bonds is 7. The topological polar surface area (TPSA) is 54.5 Å². The number of hydrogen-bond acceptors (Lipinski definition) is 4. The molecule has 1 fully saturated rings. The molecule has 0 radical (unpaired) electrons. The predicted octanol–water partition coefficient (Wildman–Crippen LogP) is 2.98. The maximum atomic E-state index is 13.3. The van der Waals surface area contributed by atoms with Crippen molar-refractivity contribution in [1.82, 2.24) is 15.2 Å². The SMILES string of the molecule is COCCN1CCC(CNC(=O)c2ccc(-c3cccc(F)c3)nc2)CC1. The van der Waals surface area contributed by atoms with Gasteiger partial charge in [-0.3, -0.25) is 9.78 Å². The Morgan fingerprint density at radius 1 is 1.30 bits per heavy atom. The average molecular weight is 371 g/mol. The third-order valence-electron chi connectivity index (χ3n) is 5.02. The van der Waals surface area contributed by atoms with Crippen LogP contribution in [0.3, 0.4) is 0 Å². The van der Waals surface area contributed by atoms with Gasteiger partial charge in [0.15, 0.2) is 0 Å². The minimum atomic E-state index is -0.301. The smallest absolute Gasteiger partial charge is 0.252 e. The van der Waals surface area contributed by atoms with E-state index >= 15 is 0 Å². The van der Waals surface area contributed by atoms with Crippen molar-refractivity contribution >= 4 is 5.91 Å². The average Bonchev–Trinajstić information content (AvgIpc) is 2.71. The lowest BCUT2D eigenvalue weighted by Gasteiger charge is -2.31. The molecule has 1 amide bonds. The van der Waals surface area contributed by atoms with Gasteiger partial charge >= 0.3 is 0 Å². The van der Waals surface area contributed by atoms with Gasteiger partial charge in [0.05, 0.1) is 17.9 Å². The molecule has 1 aromatic carbocycles. The maximum Gasteiger partial charge on any atom is 0.252 e. The molecule has 1 aliphatic rings. The minimum absolute atomic E-state index is 0.116. The first-order valence-corrected chi connectivity index (χ1v) is 9.37. The van der Waals surface area contributed by atoms with Gasteiger partial charge in [-0.2, -0.15) is 0 Å². The molecular weight excluding hydrogens is 345 g/mol. The summed E-state index contributed by atoms with van der Waals surface area (Å²) in [6.45, 7) is 4.52. The van der Waals surface area contributed by atoms with E-state index in [2.05, 4.69) is 15.2 Å². The van der Waals surface area contributed by atoms with E-state index in [4.69, 9.17) is 4.74 Å². The normalized spacial score (nSPS) is 15.6. The van der Waals surface area contributed by atoms with E-state index < -0.39 is 0 Å². The maximum absolute atomic E-state index is 13.3.